The van der Waals surface area contributed by atoms with Crippen molar-refractivity contribution in [2.24, 2.45) is 0 Å². The van der Waals surface area contributed by atoms with Gasteiger partial charge in [0, 0.05) is 22.0 Å². The van der Waals surface area contributed by atoms with Gasteiger partial charge in [-0.05, 0) is 29.8 Å². The lowest BCUT2D eigenvalue weighted by Gasteiger charge is -2.14. The Hall–Kier alpha value is -1.16. The number of benzene rings is 2. The SMILES string of the molecule is OC(Cc1ccc(Cl)cc1F)c1c(F)cccc1Cl. The van der Waals surface area contributed by atoms with Crippen LogP contribution in [0.3, 0.4) is 0 Å². The number of hydrogen-bond acceptors (Lipinski definition) is 1. The van der Waals surface area contributed by atoms with E-state index in [1.54, 1.807) is 0 Å². The second-order valence-corrected chi connectivity index (χ2v) is 4.93. The normalized spacial score (nSPS) is 12.5. The van der Waals surface area contributed by atoms with Crippen molar-refractivity contribution in [3.63, 3.8) is 0 Å². The van der Waals surface area contributed by atoms with Gasteiger partial charge in [-0.2, -0.15) is 0 Å². The van der Waals surface area contributed by atoms with Crippen LogP contribution in [0.15, 0.2) is 36.4 Å². The summed E-state index contributed by atoms with van der Waals surface area (Å²) in [5.41, 5.74) is 0.217. The molecule has 0 amide bonds. The zero-order valence-electron chi connectivity index (χ0n) is 9.71. The Morgan fingerprint density at radius 3 is 2.42 bits per heavy atom. The molecule has 19 heavy (non-hydrogen) atoms. The van der Waals surface area contributed by atoms with Crippen LogP contribution in [-0.2, 0) is 6.42 Å². The molecule has 0 aliphatic heterocycles. The molecule has 5 heteroatoms. The molecule has 0 saturated heterocycles. The summed E-state index contributed by atoms with van der Waals surface area (Å²) in [6.45, 7) is 0. The summed E-state index contributed by atoms with van der Waals surface area (Å²) in [7, 11) is 0. The van der Waals surface area contributed by atoms with E-state index in [1.165, 1.54) is 30.3 Å². The molecule has 0 fully saturated rings. The first kappa shape index (κ1) is 14.3. The molecule has 2 aromatic carbocycles. The van der Waals surface area contributed by atoms with Crippen LogP contribution in [-0.4, -0.2) is 5.11 Å². The maximum Gasteiger partial charge on any atom is 0.130 e. The van der Waals surface area contributed by atoms with Gasteiger partial charge in [-0.25, -0.2) is 8.78 Å². The van der Waals surface area contributed by atoms with Gasteiger partial charge < -0.3 is 5.11 Å². The van der Waals surface area contributed by atoms with E-state index >= 15 is 0 Å². The molecule has 0 radical (unpaired) electrons. The van der Waals surface area contributed by atoms with Crippen molar-refractivity contribution in [3.8, 4) is 0 Å². The third-order valence-corrected chi connectivity index (χ3v) is 3.33. The van der Waals surface area contributed by atoms with E-state index < -0.39 is 17.7 Å². The third kappa shape index (κ3) is 3.24. The zero-order chi connectivity index (χ0) is 14.0. The second-order valence-electron chi connectivity index (χ2n) is 4.09. The molecule has 1 atom stereocenters. The Morgan fingerprint density at radius 1 is 1.05 bits per heavy atom. The van der Waals surface area contributed by atoms with E-state index in [-0.39, 0.29) is 27.6 Å². The molecule has 1 nitrogen and oxygen atoms in total. The van der Waals surface area contributed by atoms with E-state index in [1.807, 2.05) is 0 Å². The van der Waals surface area contributed by atoms with E-state index in [0.29, 0.717) is 0 Å². The Kier molecular flexibility index (Phi) is 4.40. The molecule has 0 aromatic heterocycles. The highest BCUT2D eigenvalue weighted by Gasteiger charge is 2.18. The first-order chi connectivity index (χ1) is 8.99. The van der Waals surface area contributed by atoms with E-state index in [4.69, 9.17) is 23.2 Å². The molecule has 2 rings (SSSR count). The number of aliphatic hydroxyl groups is 1. The van der Waals surface area contributed by atoms with Gasteiger partial charge in [-0.15, -0.1) is 0 Å². The van der Waals surface area contributed by atoms with Crippen molar-refractivity contribution in [1.29, 1.82) is 0 Å². The first-order valence-electron chi connectivity index (χ1n) is 5.55. The molecule has 0 bridgehead atoms. The van der Waals surface area contributed by atoms with Gasteiger partial charge in [0.15, 0.2) is 0 Å². The van der Waals surface area contributed by atoms with Crippen LogP contribution < -0.4 is 0 Å². The highest BCUT2D eigenvalue weighted by atomic mass is 35.5. The van der Waals surface area contributed by atoms with Crippen LogP contribution in [0.1, 0.15) is 17.2 Å². The van der Waals surface area contributed by atoms with Crippen LogP contribution in [0.2, 0.25) is 10.0 Å². The monoisotopic (exact) mass is 302 g/mol. The Bertz CT molecular complexity index is 582. The van der Waals surface area contributed by atoms with E-state index in [2.05, 4.69) is 0 Å². The standard InChI is InChI=1S/C14H10Cl2F2O/c15-9-5-4-8(12(18)7-9)6-13(19)14-10(16)2-1-3-11(14)17/h1-5,7,13,19H,6H2. The van der Waals surface area contributed by atoms with Crippen molar-refractivity contribution in [3.05, 3.63) is 69.2 Å². The summed E-state index contributed by atoms with van der Waals surface area (Å²) < 4.78 is 27.2. The van der Waals surface area contributed by atoms with Gasteiger partial charge in [0.1, 0.15) is 11.6 Å². The van der Waals surface area contributed by atoms with Gasteiger partial charge in [0.25, 0.3) is 0 Å². The fraction of sp³-hybridized carbons (Fsp3) is 0.143. The summed E-state index contributed by atoms with van der Waals surface area (Å²) in [5, 5.41) is 10.4. The Balaban J connectivity index is 2.28. The minimum atomic E-state index is -1.22. The van der Waals surface area contributed by atoms with E-state index in [9.17, 15) is 13.9 Å². The predicted molar refractivity (Wildman–Crippen MR) is 71.5 cm³/mol. The summed E-state index contributed by atoms with van der Waals surface area (Å²) in [6.07, 6.45) is -1.30. The molecule has 0 saturated carbocycles. The zero-order valence-corrected chi connectivity index (χ0v) is 11.2. The number of rotatable bonds is 3. The molecule has 2 aromatic rings. The molecule has 100 valence electrons. The lowest BCUT2D eigenvalue weighted by molar-refractivity contribution is 0.172. The predicted octanol–water partition coefficient (Wildman–Crippen LogP) is 4.55. The number of halogens is 4. The van der Waals surface area contributed by atoms with Gasteiger partial charge in [-0.1, -0.05) is 35.3 Å². The van der Waals surface area contributed by atoms with Crippen molar-refractivity contribution in [1.82, 2.24) is 0 Å². The van der Waals surface area contributed by atoms with Gasteiger partial charge in [0.2, 0.25) is 0 Å². The molecular formula is C14H10Cl2F2O. The molecule has 1 unspecified atom stereocenters. The molecule has 0 aliphatic rings. The average molecular weight is 303 g/mol. The molecular weight excluding hydrogens is 293 g/mol. The van der Waals surface area contributed by atoms with Crippen LogP contribution in [0.25, 0.3) is 0 Å². The van der Waals surface area contributed by atoms with Crippen LogP contribution in [0.5, 0.6) is 0 Å². The molecule has 0 spiro atoms. The lowest BCUT2D eigenvalue weighted by Crippen LogP contribution is -2.06. The highest BCUT2D eigenvalue weighted by Crippen LogP contribution is 2.29. The topological polar surface area (TPSA) is 20.2 Å². The van der Waals surface area contributed by atoms with Crippen LogP contribution in [0.4, 0.5) is 8.78 Å². The molecule has 0 heterocycles. The fourth-order valence-corrected chi connectivity index (χ4v) is 2.27. The number of hydrogen-bond donors (Lipinski definition) is 1. The van der Waals surface area contributed by atoms with Gasteiger partial charge in [0.05, 0.1) is 6.10 Å². The van der Waals surface area contributed by atoms with Crippen molar-refractivity contribution >= 4 is 23.2 Å². The average Bonchev–Trinajstić information content (AvgIpc) is 2.32. The van der Waals surface area contributed by atoms with Crippen molar-refractivity contribution in [2.45, 2.75) is 12.5 Å². The minimum Gasteiger partial charge on any atom is -0.388 e. The van der Waals surface area contributed by atoms with Crippen molar-refractivity contribution < 1.29 is 13.9 Å². The maximum absolute atomic E-state index is 13.6. The Morgan fingerprint density at radius 2 is 1.79 bits per heavy atom. The molecule has 1 N–H and O–H groups in total. The summed E-state index contributed by atoms with van der Waals surface area (Å²) in [4.78, 5) is 0. The molecule has 0 aliphatic carbocycles. The smallest absolute Gasteiger partial charge is 0.130 e. The maximum atomic E-state index is 13.6. The summed E-state index contributed by atoms with van der Waals surface area (Å²) in [5.74, 6) is -1.16. The van der Waals surface area contributed by atoms with Gasteiger partial charge >= 0.3 is 0 Å². The van der Waals surface area contributed by atoms with E-state index in [0.717, 1.165) is 6.07 Å². The fourth-order valence-electron chi connectivity index (χ4n) is 1.83. The van der Waals surface area contributed by atoms with Crippen LogP contribution >= 0.6 is 23.2 Å². The minimum absolute atomic E-state index is 0.0292. The summed E-state index contributed by atoms with van der Waals surface area (Å²) >= 11 is 11.5. The summed E-state index contributed by atoms with van der Waals surface area (Å²) in [6, 6.07) is 8.22. The second kappa shape index (κ2) is 5.87. The number of aliphatic hydroxyl groups excluding tert-OH is 1. The quantitative estimate of drug-likeness (QED) is 0.882. The third-order valence-electron chi connectivity index (χ3n) is 2.76. The van der Waals surface area contributed by atoms with Crippen LogP contribution in [0, 0.1) is 11.6 Å². The van der Waals surface area contributed by atoms with Crippen molar-refractivity contribution in [2.75, 3.05) is 0 Å². The first-order valence-corrected chi connectivity index (χ1v) is 6.30. The van der Waals surface area contributed by atoms with Gasteiger partial charge in [-0.3, -0.25) is 0 Å². The lowest BCUT2D eigenvalue weighted by atomic mass is 10.0. The Labute approximate surface area is 119 Å². The highest BCUT2D eigenvalue weighted by molar-refractivity contribution is 6.31. The largest absolute Gasteiger partial charge is 0.388 e.